The lowest BCUT2D eigenvalue weighted by atomic mass is 9.97. The van der Waals surface area contributed by atoms with Crippen molar-refractivity contribution in [3.8, 4) is 22.3 Å². The molecule has 0 fully saturated rings. The maximum atomic E-state index is 6.55. The van der Waals surface area contributed by atoms with Gasteiger partial charge in [-0.15, -0.1) is 22.7 Å². The molecule has 12 rings (SSSR count). The molecule has 3 aromatic heterocycles. The Bertz CT molecular complexity index is 3480. The molecular weight excluding hydrogens is 719 g/mol. The summed E-state index contributed by atoms with van der Waals surface area (Å²) in [4.78, 5) is 2.43. The summed E-state index contributed by atoms with van der Waals surface area (Å²) in [6.07, 6.45) is 0. The standard InChI is InChI=1S/C52H31NOS2/c1-2-11-39-32(10-1)26-31-42-49-37(14-7-17-44(49)54-52(39)42)33-22-27-35(28-23-33)53(43-16-9-21-48-51(43)41-13-4-6-19-46(41)56-48)36-29-24-34(25-30-36)38-15-8-20-47-50(38)40-12-3-5-18-45(40)55-47/h1-31H. The van der Waals surface area contributed by atoms with Crippen molar-refractivity contribution in [1.29, 1.82) is 0 Å². The van der Waals surface area contributed by atoms with Crippen molar-refractivity contribution in [2.45, 2.75) is 0 Å². The second kappa shape index (κ2) is 12.4. The Kier molecular flexibility index (Phi) is 7.00. The summed E-state index contributed by atoms with van der Waals surface area (Å²) < 4.78 is 11.8. The minimum absolute atomic E-state index is 0.904. The number of hydrogen-bond donors (Lipinski definition) is 0. The van der Waals surface area contributed by atoms with Gasteiger partial charge in [0.05, 0.1) is 5.69 Å². The van der Waals surface area contributed by atoms with E-state index < -0.39 is 0 Å². The van der Waals surface area contributed by atoms with E-state index in [1.54, 1.807) is 0 Å². The lowest BCUT2D eigenvalue weighted by molar-refractivity contribution is 0.673. The molecule has 0 bridgehead atoms. The maximum absolute atomic E-state index is 6.55. The maximum Gasteiger partial charge on any atom is 0.143 e. The topological polar surface area (TPSA) is 16.4 Å². The Morgan fingerprint density at radius 2 is 0.893 bits per heavy atom. The van der Waals surface area contributed by atoms with Gasteiger partial charge < -0.3 is 9.32 Å². The van der Waals surface area contributed by atoms with Crippen LogP contribution in [0.3, 0.4) is 0 Å². The summed E-state index contributed by atoms with van der Waals surface area (Å²) in [5, 5.41) is 9.82. The highest BCUT2D eigenvalue weighted by Crippen LogP contribution is 2.47. The molecule has 0 aliphatic rings. The van der Waals surface area contributed by atoms with Crippen molar-refractivity contribution >= 4 is 113 Å². The summed E-state index contributed by atoms with van der Waals surface area (Å²) in [6, 6.07) is 68.4. The highest BCUT2D eigenvalue weighted by Gasteiger charge is 2.20. The molecule has 56 heavy (non-hydrogen) atoms. The SMILES string of the molecule is c1ccc2c(c1)ccc1c2oc2cccc(-c3ccc(N(c4ccc(-c5cccc6sc7ccccc7c56)cc4)c4cccc5sc6ccccc6c45)cc3)c21. The van der Waals surface area contributed by atoms with Crippen molar-refractivity contribution in [1.82, 2.24) is 0 Å². The second-order valence-corrected chi connectivity index (χ2v) is 16.6. The van der Waals surface area contributed by atoms with E-state index in [0.29, 0.717) is 0 Å². The molecular formula is C52H31NOS2. The normalized spacial score (nSPS) is 11.9. The van der Waals surface area contributed by atoms with Crippen molar-refractivity contribution in [3.05, 3.63) is 188 Å². The number of nitrogens with zero attached hydrogens (tertiary/aromatic N) is 1. The fourth-order valence-electron chi connectivity index (χ4n) is 8.76. The first-order valence-corrected chi connectivity index (χ1v) is 20.5. The van der Waals surface area contributed by atoms with Gasteiger partial charge in [0.25, 0.3) is 0 Å². The molecule has 2 nitrogen and oxygen atoms in total. The Morgan fingerprint density at radius 1 is 0.357 bits per heavy atom. The average Bonchev–Trinajstić information content (AvgIpc) is 3.96. The van der Waals surface area contributed by atoms with Gasteiger partial charge in [0.2, 0.25) is 0 Å². The van der Waals surface area contributed by atoms with Gasteiger partial charge in [-0.25, -0.2) is 0 Å². The summed E-state index contributed by atoms with van der Waals surface area (Å²) >= 11 is 3.72. The summed E-state index contributed by atoms with van der Waals surface area (Å²) in [6.45, 7) is 0. The van der Waals surface area contributed by atoms with Gasteiger partial charge in [-0.2, -0.15) is 0 Å². The van der Waals surface area contributed by atoms with Gasteiger partial charge in [-0.05, 0) is 94.4 Å². The fourth-order valence-corrected chi connectivity index (χ4v) is 11.0. The third-order valence-electron chi connectivity index (χ3n) is 11.3. The Hall–Kier alpha value is -6.72. The molecule has 0 amide bonds. The Morgan fingerprint density at radius 3 is 1.59 bits per heavy atom. The van der Waals surface area contributed by atoms with E-state index in [-0.39, 0.29) is 0 Å². The lowest BCUT2D eigenvalue weighted by Gasteiger charge is -2.27. The second-order valence-electron chi connectivity index (χ2n) is 14.4. The van der Waals surface area contributed by atoms with Crippen LogP contribution in [0.4, 0.5) is 17.1 Å². The molecule has 4 heteroatoms. The number of anilines is 3. The van der Waals surface area contributed by atoms with Gasteiger partial charge in [-0.1, -0.05) is 121 Å². The zero-order chi connectivity index (χ0) is 36.7. The zero-order valence-electron chi connectivity index (χ0n) is 30.1. The first-order valence-electron chi connectivity index (χ1n) is 18.9. The largest absolute Gasteiger partial charge is 0.455 e. The first kappa shape index (κ1) is 31.6. The number of rotatable bonds is 5. The molecule has 0 N–H and O–H groups in total. The van der Waals surface area contributed by atoms with Crippen LogP contribution in [0.15, 0.2) is 192 Å². The van der Waals surface area contributed by atoms with Crippen molar-refractivity contribution in [2.75, 3.05) is 4.90 Å². The third kappa shape index (κ3) is 4.80. The van der Waals surface area contributed by atoms with Gasteiger partial charge in [0.1, 0.15) is 11.2 Å². The van der Waals surface area contributed by atoms with Gasteiger partial charge in [0, 0.05) is 67.9 Å². The number of hydrogen-bond acceptors (Lipinski definition) is 4. The molecule has 0 spiro atoms. The van der Waals surface area contributed by atoms with E-state index in [0.717, 1.165) is 44.3 Å². The highest BCUT2D eigenvalue weighted by atomic mass is 32.1. The van der Waals surface area contributed by atoms with E-state index in [2.05, 4.69) is 193 Å². The number of thiophene rings is 2. The molecule has 12 aromatic rings. The summed E-state index contributed by atoms with van der Waals surface area (Å²) in [7, 11) is 0. The quantitative estimate of drug-likeness (QED) is 0.174. The Labute approximate surface area is 330 Å². The smallest absolute Gasteiger partial charge is 0.143 e. The first-order chi connectivity index (χ1) is 27.8. The number of benzene rings is 9. The molecule has 0 saturated carbocycles. The molecule has 0 atom stereocenters. The minimum atomic E-state index is 0.904. The molecule has 0 radical (unpaired) electrons. The molecule has 0 unspecified atom stereocenters. The van der Waals surface area contributed by atoms with Crippen molar-refractivity contribution in [2.24, 2.45) is 0 Å². The van der Waals surface area contributed by atoms with Gasteiger partial charge in [0.15, 0.2) is 0 Å². The van der Waals surface area contributed by atoms with E-state index >= 15 is 0 Å². The lowest BCUT2D eigenvalue weighted by Crippen LogP contribution is -2.10. The van der Waals surface area contributed by atoms with Crippen LogP contribution >= 0.6 is 22.7 Å². The molecule has 9 aromatic carbocycles. The number of fused-ring (bicyclic) bond motifs is 11. The predicted octanol–water partition coefficient (Wildman–Crippen LogP) is 16.3. The van der Waals surface area contributed by atoms with E-state index in [4.69, 9.17) is 4.42 Å². The third-order valence-corrected chi connectivity index (χ3v) is 13.6. The van der Waals surface area contributed by atoms with E-state index in [1.807, 2.05) is 22.7 Å². The number of furan rings is 1. The Balaban J connectivity index is 1.02. The van der Waals surface area contributed by atoms with Crippen molar-refractivity contribution < 1.29 is 4.42 Å². The summed E-state index contributed by atoms with van der Waals surface area (Å²) in [5.74, 6) is 0. The van der Waals surface area contributed by atoms with Crippen LogP contribution in [0.25, 0.3) is 95.3 Å². The van der Waals surface area contributed by atoms with Crippen LogP contribution in [0.1, 0.15) is 0 Å². The summed E-state index contributed by atoms with van der Waals surface area (Å²) in [5.41, 5.74) is 10.0. The predicted molar refractivity (Wildman–Crippen MR) is 243 cm³/mol. The van der Waals surface area contributed by atoms with Crippen molar-refractivity contribution in [3.63, 3.8) is 0 Å². The fraction of sp³-hybridized carbons (Fsp3) is 0. The van der Waals surface area contributed by atoms with Crippen LogP contribution in [0.2, 0.25) is 0 Å². The zero-order valence-corrected chi connectivity index (χ0v) is 31.7. The molecule has 3 heterocycles. The van der Waals surface area contributed by atoms with E-state index in [1.165, 1.54) is 68.1 Å². The van der Waals surface area contributed by atoms with Crippen LogP contribution in [-0.2, 0) is 0 Å². The van der Waals surface area contributed by atoms with Gasteiger partial charge in [-0.3, -0.25) is 0 Å². The molecule has 0 aliphatic carbocycles. The molecule has 262 valence electrons. The van der Waals surface area contributed by atoms with Crippen LogP contribution in [0.5, 0.6) is 0 Å². The molecule has 0 aliphatic heterocycles. The average molecular weight is 750 g/mol. The monoisotopic (exact) mass is 749 g/mol. The van der Waals surface area contributed by atoms with Gasteiger partial charge >= 0.3 is 0 Å². The van der Waals surface area contributed by atoms with E-state index in [9.17, 15) is 0 Å². The van der Waals surface area contributed by atoms with Crippen LogP contribution < -0.4 is 4.90 Å². The van der Waals surface area contributed by atoms with Crippen LogP contribution in [-0.4, -0.2) is 0 Å². The van der Waals surface area contributed by atoms with Crippen LogP contribution in [0, 0.1) is 0 Å². The molecule has 0 saturated heterocycles. The minimum Gasteiger partial charge on any atom is -0.455 e. The highest BCUT2D eigenvalue weighted by molar-refractivity contribution is 7.26.